The fourth-order valence-corrected chi connectivity index (χ4v) is 2.21. The Hall–Kier alpha value is -3.89. The average molecular weight is 384 g/mol. The van der Waals surface area contributed by atoms with E-state index in [2.05, 4.69) is 25.5 Å². The number of ether oxygens (including phenoxy) is 1. The van der Waals surface area contributed by atoms with Crippen LogP contribution in [0.5, 0.6) is 0 Å². The third-order valence-electron chi connectivity index (χ3n) is 3.60. The number of esters is 1. The van der Waals surface area contributed by atoms with Gasteiger partial charge in [-0.25, -0.2) is 9.97 Å². The smallest absolute Gasteiger partial charge is 0.308 e. The Morgan fingerprint density at radius 3 is 2.64 bits per heavy atom. The van der Waals surface area contributed by atoms with E-state index < -0.39 is 17.0 Å². The van der Waals surface area contributed by atoms with Gasteiger partial charge in [-0.2, -0.15) is 0 Å². The Balaban J connectivity index is 1.52. The van der Waals surface area contributed by atoms with Gasteiger partial charge in [0.05, 0.1) is 11.3 Å². The highest BCUT2D eigenvalue weighted by Gasteiger charge is 2.19. The monoisotopic (exact) mass is 384 g/mol. The van der Waals surface area contributed by atoms with Gasteiger partial charge < -0.3 is 14.5 Å². The molecule has 11 nitrogen and oxygen atoms in total. The topological polar surface area (TPSA) is 146 Å². The maximum absolute atomic E-state index is 11.9. The van der Waals surface area contributed by atoms with Crippen LogP contribution < -0.4 is 5.32 Å². The molecule has 0 radical (unpaired) electrons. The molecule has 28 heavy (non-hydrogen) atoms. The summed E-state index contributed by atoms with van der Waals surface area (Å²) in [6, 6.07) is 7.38. The molecular formula is C17H16N6O5. The summed E-state index contributed by atoms with van der Waals surface area (Å²) in [6.07, 6.45) is 2.55. The highest BCUT2D eigenvalue weighted by molar-refractivity contribution is 5.70. The standard InChI is InChI=1S/C17H16N6O5/c1-11(27-14(24)7-10-20-17-18-8-2-9-19-17)15-21-22-16(28-15)12-3-5-13(6-4-12)23(25)26/h2-6,8-9,11H,7,10H2,1H3,(H,18,19,20). The second-order valence-electron chi connectivity index (χ2n) is 5.63. The van der Waals surface area contributed by atoms with Crippen LogP contribution in [0.25, 0.3) is 11.5 Å². The SMILES string of the molecule is CC(OC(=O)CCNc1ncccn1)c1nnc(-c2ccc([N+](=O)[O-])cc2)o1. The van der Waals surface area contributed by atoms with Gasteiger partial charge >= 0.3 is 5.97 Å². The Labute approximate surface area is 158 Å². The van der Waals surface area contributed by atoms with Gasteiger partial charge in [0.25, 0.3) is 11.6 Å². The molecule has 0 spiro atoms. The first-order chi connectivity index (χ1) is 13.5. The molecular weight excluding hydrogens is 368 g/mol. The number of aromatic nitrogens is 4. The number of nitrogens with zero attached hydrogens (tertiary/aromatic N) is 5. The summed E-state index contributed by atoms with van der Waals surface area (Å²) in [4.78, 5) is 30.1. The van der Waals surface area contributed by atoms with Gasteiger partial charge in [0.1, 0.15) is 0 Å². The first-order valence-electron chi connectivity index (χ1n) is 8.31. The van der Waals surface area contributed by atoms with Gasteiger partial charge in [-0.05, 0) is 25.1 Å². The molecule has 2 aromatic heterocycles. The molecule has 0 bridgehead atoms. The van der Waals surface area contributed by atoms with Crippen molar-refractivity contribution in [2.75, 3.05) is 11.9 Å². The molecule has 0 fully saturated rings. The summed E-state index contributed by atoms with van der Waals surface area (Å²) in [5, 5.41) is 21.4. The van der Waals surface area contributed by atoms with Crippen molar-refractivity contribution in [1.29, 1.82) is 0 Å². The van der Waals surface area contributed by atoms with Crippen LogP contribution in [-0.2, 0) is 9.53 Å². The van der Waals surface area contributed by atoms with Crippen LogP contribution in [0.4, 0.5) is 11.6 Å². The van der Waals surface area contributed by atoms with E-state index in [1.54, 1.807) is 25.4 Å². The number of nitro groups is 1. The summed E-state index contributed by atoms with van der Waals surface area (Å²) in [7, 11) is 0. The number of non-ortho nitro benzene ring substituents is 1. The second-order valence-corrected chi connectivity index (χ2v) is 5.63. The van der Waals surface area contributed by atoms with Crippen molar-refractivity contribution < 1.29 is 18.9 Å². The van der Waals surface area contributed by atoms with Gasteiger partial charge in [-0.1, -0.05) is 0 Å². The third kappa shape index (κ3) is 4.84. The number of carbonyl (C=O) groups excluding carboxylic acids is 1. The maximum Gasteiger partial charge on any atom is 0.308 e. The number of rotatable bonds is 8. The summed E-state index contributed by atoms with van der Waals surface area (Å²) in [6.45, 7) is 1.92. The lowest BCUT2D eigenvalue weighted by Gasteiger charge is -2.09. The Morgan fingerprint density at radius 2 is 1.96 bits per heavy atom. The molecule has 0 saturated heterocycles. The van der Waals surface area contributed by atoms with E-state index >= 15 is 0 Å². The molecule has 0 aliphatic heterocycles. The number of hydrogen-bond acceptors (Lipinski definition) is 10. The lowest BCUT2D eigenvalue weighted by atomic mass is 10.2. The molecule has 0 amide bonds. The molecule has 1 aromatic carbocycles. The van der Waals surface area contributed by atoms with E-state index in [4.69, 9.17) is 9.15 Å². The summed E-state index contributed by atoms with van der Waals surface area (Å²) >= 11 is 0. The third-order valence-corrected chi connectivity index (χ3v) is 3.60. The van der Waals surface area contributed by atoms with E-state index in [1.807, 2.05) is 0 Å². The highest BCUT2D eigenvalue weighted by atomic mass is 16.6. The molecule has 0 aliphatic carbocycles. The van der Waals surface area contributed by atoms with Crippen molar-refractivity contribution in [1.82, 2.24) is 20.2 Å². The zero-order valence-corrected chi connectivity index (χ0v) is 14.8. The molecule has 3 aromatic rings. The number of hydrogen-bond donors (Lipinski definition) is 1. The fraction of sp³-hybridized carbons (Fsp3) is 0.235. The van der Waals surface area contributed by atoms with Crippen molar-refractivity contribution in [2.45, 2.75) is 19.4 Å². The Kier molecular flexibility index (Phi) is 5.84. The minimum absolute atomic E-state index is 0.0414. The molecule has 144 valence electrons. The second kappa shape index (κ2) is 8.66. The minimum Gasteiger partial charge on any atom is -0.453 e. The van der Waals surface area contributed by atoms with Gasteiger partial charge in [-0.15, -0.1) is 10.2 Å². The van der Waals surface area contributed by atoms with E-state index in [9.17, 15) is 14.9 Å². The highest BCUT2D eigenvalue weighted by Crippen LogP contribution is 2.24. The lowest BCUT2D eigenvalue weighted by molar-refractivity contribution is -0.384. The minimum atomic E-state index is -0.736. The van der Waals surface area contributed by atoms with Crippen molar-refractivity contribution in [3.05, 3.63) is 58.7 Å². The van der Waals surface area contributed by atoms with E-state index in [0.29, 0.717) is 18.1 Å². The van der Waals surface area contributed by atoms with Gasteiger partial charge in [-0.3, -0.25) is 14.9 Å². The van der Waals surface area contributed by atoms with Gasteiger partial charge in [0.2, 0.25) is 11.8 Å². The molecule has 3 rings (SSSR count). The largest absolute Gasteiger partial charge is 0.453 e. The first kappa shape index (κ1) is 18.9. The van der Waals surface area contributed by atoms with Crippen LogP contribution in [0.1, 0.15) is 25.3 Å². The molecule has 11 heteroatoms. The molecule has 0 aliphatic rings. The predicted molar refractivity (Wildman–Crippen MR) is 96.0 cm³/mol. The molecule has 1 unspecified atom stereocenters. The Bertz CT molecular complexity index is 944. The first-order valence-corrected chi connectivity index (χ1v) is 8.31. The van der Waals surface area contributed by atoms with Crippen LogP contribution in [0.15, 0.2) is 47.1 Å². The zero-order valence-electron chi connectivity index (χ0n) is 14.8. The van der Waals surface area contributed by atoms with E-state index in [-0.39, 0.29) is 23.9 Å². The van der Waals surface area contributed by atoms with Crippen molar-refractivity contribution in [3.63, 3.8) is 0 Å². The van der Waals surface area contributed by atoms with Crippen molar-refractivity contribution >= 4 is 17.6 Å². The van der Waals surface area contributed by atoms with Gasteiger partial charge in [0, 0.05) is 36.6 Å². The fourth-order valence-electron chi connectivity index (χ4n) is 2.21. The number of carbonyl (C=O) groups is 1. The van der Waals surface area contributed by atoms with Gasteiger partial charge in [0.15, 0.2) is 6.10 Å². The van der Waals surface area contributed by atoms with Crippen molar-refractivity contribution in [3.8, 4) is 11.5 Å². The summed E-state index contributed by atoms with van der Waals surface area (Å²) < 4.78 is 10.8. The Morgan fingerprint density at radius 1 is 1.25 bits per heavy atom. The predicted octanol–water partition coefficient (Wildman–Crippen LogP) is 2.54. The lowest BCUT2D eigenvalue weighted by Crippen LogP contribution is -2.14. The molecule has 1 atom stereocenters. The molecule has 1 N–H and O–H groups in total. The van der Waals surface area contributed by atoms with E-state index in [1.165, 1.54) is 24.3 Å². The molecule has 0 saturated carbocycles. The number of benzene rings is 1. The van der Waals surface area contributed by atoms with Crippen LogP contribution >= 0.6 is 0 Å². The molecule has 2 heterocycles. The van der Waals surface area contributed by atoms with Crippen LogP contribution in [0, 0.1) is 10.1 Å². The maximum atomic E-state index is 11.9. The van der Waals surface area contributed by atoms with Crippen LogP contribution in [-0.4, -0.2) is 37.6 Å². The van der Waals surface area contributed by atoms with Crippen LogP contribution in [0.2, 0.25) is 0 Å². The summed E-state index contributed by atoms with van der Waals surface area (Å²) in [5.74, 6) is 0.274. The normalized spacial score (nSPS) is 11.6. The number of nitrogens with one attached hydrogen (secondary N) is 1. The van der Waals surface area contributed by atoms with E-state index in [0.717, 1.165) is 0 Å². The summed E-state index contributed by atoms with van der Waals surface area (Å²) in [5.41, 5.74) is 0.482. The average Bonchev–Trinajstić information content (AvgIpc) is 3.19. The number of nitro benzene ring substituents is 1. The quantitative estimate of drug-likeness (QED) is 0.349. The van der Waals surface area contributed by atoms with Crippen LogP contribution in [0.3, 0.4) is 0 Å². The number of anilines is 1. The van der Waals surface area contributed by atoms with Crippen molar-refractivity contribution in [2.24, 2.45) is 0 Å². The zero-order chi connectivity index (χ0) is 19.9.